The first kappa shape index (κ1) is 28.4. The van der Waals surface area contributed by atoms with Crippen LogP contribution < -0.4 is 22.9 Å². The molecule has 0 aliphatic rings. The van der Waals surface area contributed by atoms with E-state index in [0.717, 1.165) is 12.1 Å². The highest BCUT2D eigenvalue weighted by Crippen LogP contribution is 2.37. The number of hydrogen-bond acceptors (Lipinski definition) is 12. The molecule has 0 heterocycles. The highest BCUT2D eigenvalue weighted by atomic mass is 32.2. The first-order valence-electron chi connectivity index (χ1n) is 11.4. The minimum Gasteiger partial charge on any atom is -0.478 e. The molecule has 0 bridgehead atoms. The van der Waals surface area contributed by atoms with Gasteiger partial charge in [0.25, 0.3) is 10.1 Å². The van der Waals surface area contributed by atoms with Gasteiger partial charge >= 0.3 is 11.9 Å². The van der Waals surface area contributed by atoms with Crippen molar-refractivity contribution in [2.24, 2.45) is 20.5 Å². The average molecular weight is 579 g/mol. The molecule has 0 radical (unpaired) electrons. The van der Waals surface area contributed by atoms with Crippen LogP contribution >= 0.6 is 0 Å². The van der Waals surface area contributed by atoms with Crippen LogP contribution in [0.4, 0.5) is 45.5 Å². The van der Waals surface area contributed by atoms with Crippen molar-refractivity contribution in [2.75, 3.05) is 22.9 Å². The second-order valence-electron chi connectivity index (χ2n) is 8.80. The molecule has 4 rings (SSSR count). The molecular weight excluding hydrogens is 556 g/mol. The molecule has 0 atom stereocenters. The molecule has 0 spiro atoms. The van der Waals surface area contributed by atoms with Crippen LogP contribution in [-0.4, -0.2) is 35.1 Å². The van der Waals surface area contributed by atoms with Gasteiger partial charge in [0, 0.05) is 16.8 Å². The van der Waals surface area contributed by atoms with Gasteiger partial charge in [-0.1, -0.05) is 0 Å². The van der Waals surface area contributed by atoms with Crippen molar-refractivity contribution in [2.45, 2.75) is 11.8 Å². The summed E-state index contributed by atoms with van der Waals surface area (Å²) in [5.74, 6) is -2.69. The standard InChI is InChI=1S/C25H22N8O7S/c1-10-2-13(30-32-22-17(24(34)35)3-11(26)5-19(22)28)8-16-15(10)7-14(9-21(16)41(38,39)40)31-33-23-18(25(36)37)4-12(27)6-20(23)29/h2-9H,26-29H2,1H3,(H,34,35)(H,36,37)(H,38,39,40). The summed E-state index contributed by atoms with van der Waals surface area (Å²) in [5.41, 5.74) is 22.8. The Morgan fingerprint density at radius 2 is 1.10 bits per heavy atom. The molecule has 0 aromatic heterocycles. The molecule has 16 heteroatoms. The van der Waals surface area contributed by atoms with Crippen molar-refractivity contribution < 1.29 is 32.8 Å². The number of fused-ring (bicyclic) bond motifs is 1. The Morgan fingerprint density at radius 1 is 0.659 bits per heavy atom. The maximum Gasteiger partial charge on any atom is 0.338 e. The van der Waals surface area contributed by atoms with Gasteiger partial charge in [-0.05, 0) is 66.4 Å². The fourth-order valence-electron chi connectivity index (χ4n) is 4.03. The van der Waals surface area contributed by atoms with E-state index in [-0.39, 0.29) is 62.0 Å². The number of anilines is 4. The van der Waals surface area contributed by atoms with Gasteiger partial charge in [-0.25, -0.2) is 9.59 Å². The highest BCUT2D eigenvalue weighted by molar-refractivity contribution is 7.86. The summed E-state index contributed by atoms with van der Waals surface area (Å²) >= 11 is 0. The van der Waals surface area contributed by atoms with Crippen molar-refractivity contribution in [1.29, 1.82) is 0 Å². The summed E-state index contributed by atoms with van der Waals surface area (Å²) in [5, 5.41) is 35.1. The SMILES string of the molecule is Cc1cc(N=Nc2c(N)cc(N)cc2C(=O)O)cc2c(S(=O)(=O)O)cc(N=Nc3c(N)cc(N)cc3C(=O)O)cc12. The second-order valence-corrected chi connectivity index (χ2v) is 10.2. The third-order valence-corrected chi connectivity index (χ3v) is 6.69. The third kappa shape index (κ3) is 5.87. The molecule has 0 saturated heterocycles. The van der Waals surface area contributed by atoms with E-state index in [1.807, 2.05) is 0 Å². The average Bonchev–Trinajstić information content (AvgIpc) is 2.86. The van der Waals surface area contributed by atoms with E-state index in [1.165, 1.54) is 36.4 Å². The number of carboxylic acids is 2. The number of nitrogens with zero attached hydrogens (tertiary/aromatic N) is 4. The van der Waals surface area contributed by atoms with E-state index < -0.39 is 27.0 Å². The highest BCUT2D eigenvalue weighted by Gasteiger charge is 2.19. The number of rotatable bonds is 7. The molecule has 15 nitrogen and oxygen atoms in total. The van der Waals surface area contributed by atoms with Gasteiger partial charge in [-0.3, -0.25) is 4.55 Å². The van der Waals surface area contributed by atoms with E-state index in [4.69, 9.17) is 22.9 Å². The molecule has 210 valence electrons. The molecule has 0 fully saturated rings. The normalized spacial score (nSPS) is 12.0. The Labute approximate surface area is 231 Å². The summed E-state index contributed by atoms with van der Waals surface area (Å²) < 4.78 is 34.6. The van der Waals surface area contributed by atoms with Gasteiger partial charge in [0.2, 0.25) is 0 Å². The first-order chi connectivity index (χ1) is 19.1. The Hall–Kier alpha value is -5.61. The van der Waals surface area contributed by atoms with E-state index in [9.17, 15) is 32.8 Å². The second kappa shape index (κ2) is 10.5. The van der Waals surface area contributed by atoms with Gasteiger partial charge < -0.3 is 33.1 Å². The Balaban J connectivity index is 1.86. The van der Waals surface area contributed by atoms with Crippen molar-refractivity contribution in [1.82, 2.24) is 0 Å². The van der Waals surface area contributed by atoms with E-state index in [1.54, 1.807) is 6.92 Å². The monoisotopic (exact) mass is 578 g/mol. The lowest BCUT2D eigenvalue weighted by Crippen LogP contribution is -2.01. The van der Waals surface area contributed by atoms with E-state index in [0.29, 0.717) is 10.9 Å². The Kier molecular flexibility index (Phi) is 7.28. The fourth-order valence-corrected chi connectivity index (χ4v) is 4.75. The molecule has 11 N–H and O–H groups in total. The minimum atomic E-state index is -4.82. The number of nitrogens with two attached hydrogens (primary N) is 4. The minimum absolute atomic E-state index is 0.0370. The van der Waals surface area contributed by atoms with Crippen molar-refractivity contribution >= 4 is 78.3 Å². The van der Waals surface area contributed by atoms with Crippen LogP contribution in [0.15, 0.2) is 73.9 Å². The largest absolute Gasteiger partial charge is 0.478 e. The smallest absolute Gasteiger partial charge is 0.338 e. The number of azo groups is 2. The van der Waals surface area contributed by atoms with Crippen LogP contribution in [0.25, 0.3) is 10.8 Å². The first-order valence-corrected chi connectivity index (χ1v) is 12.8. The summed E-state index contributed by atoms with van der Waals surface area (Å²) in [6.45, 7) is 1.62. The van der Waals surface area contributed by atoms with E-state index in [2.05, 4.69) is 20.5 Å². The summed E-state index contributed by atoms with van der Waals surface area (Å²) in [4.78, 5) is 22.7. The van der Waals surface area contributed by atoms with Crippen molar-refractivity contribution in [3.63, 3.8) is 0 Å². The van der Waals surface area contributed by atoms with Crippen molar-refractivity contribution in [3.05, 3.63) is 65.2 Å². The van der Waals surface area contributed by atoms with Gasteiger partial charge in [0.05, 0.1) is 33.9 Å². The zero-order chi connectivity index (χ0) is 30.2. The van der Waals surface area contributed by atoms with Crippen LogP contribution in [0.3, 0.4) is 0 Å². The third-order valence-electron chi connectivity index (χ3n) is 5.80. The molecule has 0 unspecified atom stereocenters. The van der Waals surface area contributed by atoms with Crippen LogP contribution in [-0.2, 0) is 10.1 Å². The molecular formula is C25H22N8O7S. The number of nitrogen functional groups attached to an aromatic ring is 4. The molecule has 0 aliphatic carbocycles. The number of carboxylic acid groups (broad SMARTS) is 2. The van der Waals surface area contributed by atoms with Gasteiger partial charge in [-0.15, -0.1) is 10.2 Å². The van der Waals surface area contributed by atoms with Gasteiger partial charge in [0.15, 0.2) is 0 Å². The number of aromatic carboxylic acids is 2. The fraction of sp³-hybridized carbons (Fsp3) is 0.0400. The van der Waals surface area contributed by atoms with Crippen LogP contribution in [0.5, 0.6) is 0 Å². The lowest BCUT2D eigenvalue weighted by Gasteiger charge is -2.10. The Morgan fingerprint density at radius 3 is 1.54 bits per heavy atom. The molecule has 4 aromatic rings. The zero-order valence-electron chi connectivity index (χ0n) is 21.1. The maximum absolute atomic E-state index is 12.3. The van der Waals surface area contributed by atoms with Crippen molar-refractivity contribution in [3.8, 4) is 0 Å². The molecule has 4 aromatic carbocycles. The molecule has 0 saturated carbocycles. The number of benzene rings is 4. The quantitative estimate of drug-likeness (QED) is 0.0874. The van der Waals surface area contributed by atoms with Gasteiger partial charge in [0.1, 0.15) is 16.3 Å². The van der Waals surface area contributed by atoms with Crippen LogP contribution in [0, 0.1) is 6.92 Å². The molecule has 0 aliphatic heterocycles. The number of aryl methyl sites for hydroxylation is 1. The summed E-state index contributed by atoms with van der Waals surface area (Å²) in [6.07, 6.45) is 0. The lowest BCUT2D eigenvalue weighted by atomic mass is 10.0. The topological polar surface area (TPSA) is 282 Å². The lowest BCUT2D eigenvalue weighted by molar-refractivity contribution is 0.0687. The predicted molar refractivity (Wildman–Crippen MR) is 151 cm³/mol. The number of carbonyl (C=O) groups is 2. The molecule has 41 heavy (non-hydrogen) atoms. The zero-order valence-corrected chi connectivity index (χ0v) is 21.9. The summed E-state index contributed by atoms with van der Waals surface area (Å²) in [7, 11) is -4.82. The van der Waals surface area contributed by atoms with Crippen LogP contribution in [0.1, 0.15) is 26.3 Å². The summed E-state index contributed by atoms with van der Waals surface area (Å²) in [6, 6.07) is 10.2. The maximum atomic E-state index is 12.3. The number of hydrogen-bond donors (Lipinski definition) is 7. The van der Waals surface area contributed by atoms with E-state index >= 15 is 0 Å². The predicted octanol–water partition coefficient (Wildman–Crippen LogP) is 4.95. The van der Waals surface area contributed by atoms with Gasteiger partial charge in [-0.2, -0.15) is 18.6 Å². The van der Waals surface area contributed by atoms with Crippen LogP contribution in [0.2, 0.25) is 0 Å². The Bertz CT molecular complexity index is 1940. The molecule has 0 amide bonds.